The fraction of sp³-hybridized carbons (Fsp3) is 0.174. The van der Waals surface area contributed by atoms with Gasteiger partial charge in [-0.1, -0.05) is 30.3 Å². The molecule has 0 aliphatic heterocycles. The standard InChI is InChI=1S/C23H21NO3/c1-14-19(18-6-4-5-7-22(18)24-14)13-21-20-12-17(26-3)10-8-16(20)9-11-23(21)27-15(2)25/h4-12,24H,13H2,1-3H3. The van der Waals surface area contributed by atoms with E-state index < -0.39 is 0 Å². The number of rotatable bonds is 4. The van der Waals surface area contributed by atoms with Gasteiger partial charge in [-0.2, -0.15) is 0 Å². The average Bonchev–Trinajstić information content (AvgIpc) is 2.98. The minimum atomic E-state index is -0.325. The number of methoxy groups -OCH3 is 1. The number of esters is 1. The molecule has 27 heavy (non-hydrogen) atoms. The quantitative estimate of drug-likeness (QED) is 0.405. The van der Waals surface area contributed by atoms with Crippen molar-refractivity contribution in [1.29, 1.82) is 0 Å². The van der Waals surface area contributed by atoms with E-state index in [9.17, 15) is 4.79 Å². The van der Waals surface area contributed by atoms with Crippen LogP contribution in [0, 0.1) is 6.92 Å². The Morgan fingerprint density at radius 2 is 1.78 bits per heavy atom. The summed E-state index contributed by atoms with van der Waals surface area (Å²) in [6, 6.07) is 18.1. The lowest BCUT2D eigenvalue weighted by atomic mass is 9.95. The van der Waals surface area contributed by atoms with Gasteiger partial charge in [-0.15, -0.1) is 0 Å². The van der Waals surface area contributed by atoms with E-state index in [4.69, 9.17) is 9.47 Å². The number of carbonyl (C=O) groups is 1. The summed E-state index contributed by atoms with van der Waals surface area (Å²) in [4.78, 5) is 15.1. The largest absolute Gasteiger partial charge is 0.497 e. The van der Waals surface area contributed by atoms with Gasteiger partial charge in [0.2, 0.25) is 0 Å². The molecule has 0 bridgehead atoms. The monoisotopic (exact) mass is 359 g/mol. The summed E-state index contributed by atoms with van der Waals surface area (Å²) in [7, 11) is 1.65. The number of aryl methyl sites for hydroxylation is 1. The first kappa shape index (κ1) is 17.2. The maximum absolute atomic E-state index is 11.7. The number of aromatic nitrogens is 1. The maximum atomic E-state index is 11.7. The fourth-order valence-electron chi connectivity index (χ4n) is 3.64. The highest BCUT2D eigenvalue weighted by Crippen LogP contribution is 2.35. The molecular formula is C23H21NO3. The van der Waals surface area contributed by atoms with Crippen molar-refractivity contribution in [1.82, 2.24) is 4.98 Å². The van der Waals surface area contributed by atoms with Gasteiger partial charge in [0.1, 0.15) is 11.5 Å². The molecule has 0 saturated heterocycles. The Hall–Kier alpha value is -3.27. The molecule has 0 unspecified atom stereocenters. The van der Waals surface area contributed by atoms with Crippen molar-refractivity contribution < 1.29 is 14.3 Å². The van der Waals surface area contributed by atoms with Gasteiger partial charge in [0.25, 0.3) is 0 Å². The molecule has 0 fully saturated rings. The van der Waals surface area contributed by atoms with Crippen LogP contribution in [0.25, 0.3) is 21.7 Å². The van der Waals surface area contributed by atoms with Crippen molar-refractivity contribution in [3.8, 4) is 11.5 Å². The highest BCUT2D eigenvalue weighted by atomic mass is 16.5. The maximum Gasteiger partial charge on any atom is 0.308 e. The minimum Gasteiger partial charge on any atom is -0.497 e. The molecule has 0 aliphatic carbocycles. The van der Waals surface area contributed by atoms with E-state index >= 15 is 0 Å². The number of nitrogens with one attached hydrogen (secondary N) is 1. The Labute approximate surface area is 157 Å². The van der Waals surface area contributed by atoms with Crippen LogP contribution in [0.2, 0.25) is 0 Å². The number of benzene rings is 3. The fourth-order valence-corrected chi connectivity index (χ4v) is 3.64. The van der Waals surface area contributed by atoms with Crippen LogP contribution in [0.3, 0.4) is 0 Å². The third kappa shape index (κ3) is 3.14. The Balaban J connectivity index is 1.94. The van der Waals surface area contributed by atoms with Crippen LogP contribution in [0.1, 0.15) is 23.7 Å². The molecule has 4 aromatic rings. The van der Waals surface area contributed by atoms with Gasteiger partial charge in [-0.05, 0) is 47.5 Å². The topological polar surface area (TPSA) is 51.3 Å². The van der Waals surface area contributed by atoms with E-state index in [1.807, 2.05) is 42.5 Å². The second-order valence-corrected chi connectivity index (χ2v) is 6.67. The lowest BCUT2D eigenvalue weighted by Crippen LogP contribution is -2.05. The molecule has 4 nitrogen and oxygen atoms in total. The number of fused-ring (bicyclic) bond motifs is 2. The van der Waals surface area contributed by atoms with E-state index in [2.05, 4.69) is 24.0 Å². The first-order valence-electron chi connectivity index (χ1n) is 8.91. The van der Waals surface area contributed by atoms with Crippen molar-refractivity contribution >= 4 is 27.6 Å². The normalized spacial score (nSPS) is 11.1. The zero-order chi connectivity index (χ0) is 19.0. The van der Waals surface area contributed by atoms with Crippen molar-refractivity contribution in [2.24, 2.45) is 0 Å². The van der Waals surface area contributed by atoms with Gasteiger partial charge in [-0.25, -0.2) is 0 Å². The first-order valence-corrected chi connectivity index (χ1v) is 8.91. The zero-order valence-electron chi connectivity index (χ0n) is 15.6. The molecule has 0 spiro atoms. The summed E-state index contributed by atoms with van der Waals surface area (Å²) in [6.45, 7) is 3.50. The molecule has 3 aromatic carbocycles. The van der Waals surface area contributed by atoms with E-state index in [1.54, 1.807) is 7.11 Å². The lowest BCUT2D eigenvalue weighted by molar-refractivity contribution is -0.131. The molecule has 1 heterocycles. The van der Waals surface area contributed by atoms with Gasteiger partial charge in [0.05, 0.1) is 7.11 Å². The van der Waals surface area contributed by atoms with E-state index in [0.29, 0.717) is 12.2 Å². The Morgan fingerprint density at radius 3 is 2.56 bits per heavy atom. The summed E-state index contributed by atoms with van der Waals surface area (Å²) >= 11 is 0. The predicted molar refractivity (Wildman–Crippen MR) is 108 cm³/mol. The summed E-state index contributed by atoms with van der Waals surface area (Å²) in [5.41, 5.74) is 4.41. The number of hydrogen-bond acceptors (Lipinski definition) is 3. The smallest absolute Gasteiger partial charge is 0.308 e. The van der Waals surface area contributed by atoms with Crippen LogP contribution in [0.15, 0.2) is 54.6 Å². The second kappa shape index (κ2) is 6.80. The molecule has 0 radical (unpaired) electrons. The molecule has 1 aromatic heterocycles. The number of carbonyl (C=O) groups excluding carboxylic acids is 1. The van der Waals surface area contributed by atoms with E-state index in [1.165, 1.54) is 17.9 Å². The predicted octanol–water partition coefficient (Wildman–Crippen LogP) is 5.15. The third-order valence-corrected chi connectivity index (χ3v) is 4.93. The van der Waals surface area contributed by atoms with Crippen molar-refractivity contribution in [3.63, 3.8) is 0 Å². The summed E-state index contributed by atoms with van der Waals surface area (Å²) < 4.78 is 11.0. The molecule has 4 rings (SSSR count). The number of H-pyrrole nitrogens is 1. The van der Waals surface area contributed by atoms with Crippen molar-refractivity contribution in [2.45, 2.75) is 20.3 Å². The third-order valence-electron chi connectivity index (χ3n) is 4.93. The van der Waals surface area contributed by atoms with Gasteiger partial charge in [0.15, 0.2) is 0 Å². The molecular weight excluding hydrogens is 338 g/mol. The molecule has 0 amide bonds. The van der Waals surface area contributed by atoms with Gasteiger partial charge < -0.3 is 14.5 Å². The van der Waals surface area contributed by atoms with Gasteiger partial charge >= 0.3 is 5.97 Å². The van der Waals surface area contributed by atoms with E-state index in [0.717, 1.165) is 33.3 Å². The number of para-hydroxylation sites is 1. The molecule has 0 saturated carbocycles. The van der Waals surface area contributed by atoms with Gasteiger partial charge in [0, 0.05) is 35.5 Å². The molecule has 0 aliphatic rings. The average molecular weight is 359 g/mol. The summed E-state index contributed by atoms with van der Waals surface area (Å²) in [5.74, 6) is 1.04. The van der Waals surface area contributed by atoms with Crippen LogP contribution >= 0.6 is 0 Å². The Bertz CT molecular complexity index is 1160. The Morgan fingerprint density at radius 1 is 1.00 bits per heavy atom. The van der Waals surface area contributed by atoms with Crippen LogP contribution in [0.4, 0.5) is 0 Å². The molecule has 4 heteroatoms. The van der Waals surface area contributed by atoms with Crippen molar-refractivity contribution in [2.75, 3.05) is 7.11 Å². The SMILES string of the molecule is COc1ccc2ccc(OC(C)=O)c(Cc3c(C)[nH]c4ccccc34)c2c1. The molecule has 136 valence electrons. The number of ether oxygens (including phenoxy) is 2. The lowest BCUT2D eigenvalue weighted by Gasteiger charge is -2.14. The number of hydrogen-bond donors (Lipinski definition) is 1. The summed E-state index contributed by atoms with van der Waals surface area (Å²) in [6.07, 6.45) is 0.656. The number of aromatic amines is 1. The van der Waals surface area contributed by atoms with Crippen LogP contribution < -0.4 is 9.47 Å². The van der Waals surface area contributed by atoms with Crippen LogP contribution in [-0.4, -0.2) is 18.1 Å². The molecule has 0 atom stereocenters. The molecule has 1 N–H and O–H groups in total. The van der Waals surface area contributed by atoms with E-state index in [-0.39, 0.29) is 5.97 Å². The van der Waals surface area contributed by atoms with Crippen LogP contribution in [0.5, 0.6) is 11.5 Å². The van der Waals surface area contributed by atoms with Crippen LogP contribution in [-0.2, 0) is 11.2 Å². The summed E-state index contributed by atoms with van der Waals surface area (Å²) in [5, 5.41) is 3.29. The first-order chi connectivity index (χ1) is 13.1. The Kier molecular flexibility index (Phi) is 4.32. The van der Waals surface area contributed by atoms with Gasteiger partial charge in [-0.3, -0.25) is 4.79 Å². The highest BCUT2D eigenvalue weighted by Gasteiger charge is 2.16. The second-order valence-electron chi connectivity index (χ2n) is 6.67. The highest BCUT2D eigenvalue weighted by molar-refractivity contribution is 5.92. The zero-order valence-corrected chi connectivity index (χ0v) is 15.6. The van der Waals surface area contributed by atoms with Crippen molar-refractivity contribution in [3.05, 3.63) is 71.4 Å². The minimum absolute atomic E-state index is 0.325.